The van der Waals surface area contributed by atoms with Crippen LogP contribution in [0, 0.1) is 17.6 Å². The number of pyridine rings is 1. The standard InChI is InChI=1S/C29H37F2N5O2.2ClH/c1-18-7-27(37)35(13-18)15-23-11-32-19(2)14-34(23)16-28(38)36-17-29(3,4)24-12-33-22(10-26(24)36)8-20-5-6-21(30)9-25(20)31;;/h5-6,9-10,12,18-19,23,32H,7-8,11,13-17H2,1-4H3;2*1H/t18-,19-,23-;;/m1../s1. The largest absolute Gasteiger partial charge is 0.341 e. The lowest BCUT2D eigenvalue weighted by Crippen LogP contribution is -2.61. The van der Waals surface area contributed by atoms with Crippen LogP contribution in [-0.4, -0.2) is 78.0 Å². The number of hydrogen-bond donors (Lipinski definition) is 1. The highest BCUT2D eigenvalue weighted by Crippen LogP contribution is 2.40. The summed E-state index contributed by atoms with van der Waals surface area (Å²) < 4.78 is 27.6. The van der Waals surface area contributed by atoms with Gasteiger partial charge < -0.3 is 15.1 Å². The minimum absolute atomic E-state index is 0. The molecule has 1 aromatic heterocycles. The fourth-order valence-corrected chi connectivity index (χ4v) is 6.04. The number of anilines is 1. The molecule has 0 bridgehead atoms. The van der Waals surface area contributed by atoms with Gasteiger partial charge in [-0.1, -0.05) is 26.8 Å². The molecule has 1 N–H and O–H groups in total. The van der Waals surface area contributed by atoms with E-state index in [0.29, 0.717) is 36.7 Å². The second-order valence-corrected chi connectivity index (χ2v) is 12.0. The van der Waals surface area contributed by atoms with Gasteiger partial charge in [-0.15, -0.1) is 24.8 Å². The second kappa shape index (κ2) is 12.7. The Bertz CT molecular complexity index is 1250. The van der Waals surface area contributed by atoms with E-state index in [4.69, 9.17) is 0 Å². The molecule has 0 saturated carbocycles. The van der Waals surface area contributed by atoms with E-state index in [9.17, 15) is 18.4 Å². The van der Waals surface area contributed by atoms with Crippen molar-refractivity contribution in [1.29, 1.82) is 0 Å². The SMILES string of the molecule is C[C@@H]1CC(=O)N(C[C@H]2CN[C@H](C)CN2CC(=O)N2CC(C)(C)c3cnc(Cc4ccc(F)cc4F)cc32)C1.Cl.Cl. The van der Waals surface area contributed by atoms with Crippen molar-refractivity contribution in [3.8, 4) is 0 Å². The number of likely N-dealkylation sites (tertiary alicyclic amines) is 1. The Labute approximate surface area is 247 Å². The summed E-state index contributed by atoms with van der Waals surface area (Å²) in [4.78, 5) is 36.8. The lowest BCUT2D eigenvalue weighted by molar-refractivity contribution is -0.128. The van der Waals surface area contributed by atoms with Gasteiger partial charge >= 0.3 is 0 Å². The average Bonchev–Trinajstić information content (AvgIpc) is 3.31. The van der Waals surface area contributed by atoms with E-state index in [1.807, 2.05) is 15.9 Å². The molecule has 4 heterocycles. The van der Waals surface area contributed by atoms with Crippen molar-refractivity contribution in [2.24, 2.45) is 5.92 Å². The maximum absolute atomic E-state index is 14.3. The molecule has 3 aliphatic heterocycles. The van der Waals surface area contributed by atoms with Gasteiger partial charge in [0.05, 0.1) is 12.2 Å². The molecule has 3 aliphatic rings. The molecular weight excluding hydrogens is 559 g/mol. The first-order valence-corrected chi connectivity index (χ1v) is 13.5. The van der Waals surface area contributed by atoms with Gasteiger partial charge in [-0.3, -0.25) is 19.5 Å². The van der Waals surface area contributed by atoms with Crippen LogP contribution in [0.1, 0.15) is 50.9 Å². The molecule has 0 spiro atoms. The predicted molar refractivity (Wildman–Crippen MR) is 156 cm³/mol. The van der Waals surface area contributed by atoms with Gasteiger partial charge in [0.1, 0.15) is 11.6 Å². The van der Waals surface area contributed by atoms with Crippen molar-refractivity contribution in [3.63, 3.8) is 0 Å². The molecule has 7 nitrogen and oxygen atoms in total. The quantitative estimate of drug-likeness (QED) is 0.546. The molecule has 2 amide bonds. The van der Waals surface area contributed by atoms with Crippen molar-refractivity contribution in [1.82, 2.24) is 20.1 Å². The fraction of sp³-hybridized carbons (Fsp3) is 0.552. The Morgan fingerprint density at radius 1 is 1.15 bits per heavy atom. The number of amides is 2. The van der Waals surface area contributed by atoms with Crippen molar-refractivity contribution in [3.05, 3.63) is 58.9 Å². The summed E-state index contributed by atoms with van der Waals surface area (Å²) in [5.74, 6) is -0.666. The van der Waals surface area contributed by atoms with Gasteiger partial charge in [0.15, 0.2) is 0 Å². The van der Waals surface area contributed by atoms with E-state index in [2.05, 4.69) is 42.9 Å². The van der Waals surface area contributed by atoms with Crippen LogP contribution < -0.4 is 10.2 Å². The number of fused-ring (bicyclic) bond motifs is 1. The normalized spacial score (nSPS) is 23.9. The molecule has 0 radical (unpaired) electrons. The first kappa shape index (κ1) is 32.2. The molecule has 2 saturated heterocycles. The number of benzene rings is 1. The first-order valence-electron chi connectivity index (χ1n) is 13.5. The maximum Gasteiger partial charge on any atom is 0.241 e. The van der Waals surface area contributed by atoms with Crippen molar-refractivity contribution in [2.75, 3.05) is 44.2 Å². The van der Waals surface area contributed by atoms with Crippen molar-refractivity contribution >= 4 is 42.3 Å². The Kier molecular flexibility index (Phi) is 10.2. The summed E-state index contributed by atoms with van der Waals surface area (Å²) in [5, 5.41) is 3.51. The van der Waals surface area contributed by atoms with Crippen LogP contribution in [0.25, 0.3) is 0 Å². The highest BCUT2D eigenvalue weighted by Gasteiger charge is 2.40. The number of hydrogen-bond acceptors (Lipinski definition) is 5. The monoisotopic (exact) mass is 597 g/mol. The molecule has 11 heteroatoms. The molecule has 0 unspecified atom stereocenters. The van der Waals surface area contributed by atoms with Gasteiger partial charge in [0.25, 0.3) is 0 Å². The van der Waals surface area contributed by atoms with Gasteiger partial charge in [-0.05, 0) is 30.5 Å². The minimum Gasteiger partial charge on any atom is -0.341 e. The van der Waals surface area contributed by atoms with E-state index in [1.165, 1.54) is 12.1 Å². The van der Waals surface area contributed by atoms with Gasteiger partial charge in [-0.25, -0.2) is 8.78 Å². The first-order chi connectivity index (χ1) is 18.0. The van der Waals surface area contributed by atoms with Gasteiger partial charge in [0.2, 0.25) is 11.8 Å². The van der Waals surface area contributed by atoms with E-state index in [-0.39, 0.29) is 67.1 Å². The fourth-order valence-electron chi connectivity index (χ4n) is 6.04. The lowest BCUT2D eigenvalue weighted by atomic mass is 9.88. The Hall–Kier alpha value is -2.33. The molecule has 5 rings (SSSR count). The average molecular weight is 599 g/mol. The highest BCUT2D eigenvalue weighted by molar-refractivity contribution is 5.97. The molecule has 220 valence electrons. The van der Waals surface area contributed by atoms with Gasteiger partial charge in [0, 0.05) is 86.6 Å². The summed E-state index contributed by atoms with van der Waals surface area (Å²) in [5.41, 5.74) is 2.50. The summed E-state index contributed by atoms with van der Waals surface area (Å²) in [6, 6.07) is 5.73. The Morgan fingerprint density at radius 3 is 2.58 bits per heavy atom. The highest BCUT2D eigenvalue weighted by atomic mass is 35.5. The molecule has 2 fully saturated rings. The third-order valence-electron chi connectivity index (χ3n) is 8.10. The van der Waals surface area contributed by atoms with E-state index in [1.54, 1.807) is 6.20 Å². The number of halogens is 4. The number of nitrogens with zero attached hydrogens (tertiary/aromatic N) is 4. The third kappa shape index (κ3) is 6.75. The topological polar surface area (TPSA) is 68.8 Å². The van der Waals surface area contributed by atoms with Crippen LogP contribution in [0.5, 0.6) is 0 Å². The molecule has 3 atom stereocenters. The van der Waals surface area contributed by atoms with Crippen LogP contribution >= 0.6 is 24.8 Å². The Morgan fingerprint density at radius 2 is 1.90 bits per heavy atom. The van der Waals surface area contributed by atoms with Crippen molar-refractivity contribution in [2.45, 2.75) is 58.0 Å². The maximum atomic E-state index is 14.3. The summed E-state index contributed by atoms with van der Waals surface area (Å²) >= 11 is 0. The van der Waals surface area contributed by atoms with Crippen LogP contribution in [-0.2, 0) is 21.4 Å². The van der Waals surface area contributed by atoms with E-state index in [0.717, 1.165) is 37.0 Å². The molecule has 2 aromatic rings. The number of nitrogens with one attached hydrogen (secondary N) is 1. The zero-order valence-electron chi connectivity index (χ0n) is 23.5. The third-order valence-corrected chi connectivity index (χ3v) is 8.10. The zero-order chi connectivity index (χ0) is 27.2. The number of carbonyl (C=O) groups is 2. The summed E-state index contributed by atoms with van der Waals surface area (Å²) in [7, 11) is 0. The second-order valence-electron chi connectivity index (χ2n) is 12.0. The smallest absolute Gasteiger partial charge is 0.241 e. The molecule has 0 aliphatic carbocycles. The van der Waals surface area contributed by atoms with E-state index >= 15 is 0 Å². The summed E-state index contributed by atoms with van der Waals surface area (Å²) in [6.07, 6.45) is 2.59. The molecule has 40 heavy (non-hydrogen) atoms. The number of piperazine rings is 1. The zero-order valence-corrected chi connectivity index (χ0v) is 25.1. The number of carbonyl (C=O) groups excluding carboxylic acids is 2. The summed E-state index contributed by atoms with van der Waals surface area (Å²) in [6.45, 7) is 12.0. The Balaban J connectivity index is 0.00000220. The predicted octanol–water partition coefficient (Wildman–Crippen LogP) is 3.95. The van der Waals surface area contributed by atoms with Gasteiger partial charge in [-0.2, -0.15) is 0 Å². The number of aromatic nitrogens is 1. The van der Waals surface area contributed by atoms with Crippen LogP contribution in [0.3, 0.4) is 0 Å². The van der Waals surface area contributed by atoms with Crippen LogP contribution in [0.15, 0.2) is 30.5 Å². The van der Waals surface area contributed by atoms with Crippen LogP contribution in [0.4, 0.5) is 14.5 Å². The molecule has 1 aromatic carbocycles. The van der Waals surface area contributed by atoms with Crippen molar-refractivity contribution < 1.29 is 18.4 Å². The van der Waals surface area contributed by atoms with E-state index < -0.39 is 11.6 Å². The lowest BCUT2D eigenvalue weighted by Gasteiger charge is -2.41. The van der Waals surface area contributed by atoms with Crippen LogP contribution in [0.2, 0.25) is 0 Å². The minimum atomic E-state index is -0.615. The molecular formula is C29H39Cl2F2N5O2. The number of rotatable bonds is 6.